The Morgan fingerprint density at radius 3 is 2.00 bits per heavy atom. The lowest BCUT2D eigenvalue weighted by molar-refractivity contribution is 0.567. The van der Waals surface area contributed by atoms with Crippen LogP contribution in [0, 0.1) is 13.0 Å². The Labute approximate surface area is 53.5 Å². The SMILES string of the molecule is Cc1[c]c(=O)n(C)n1C. The molecule has 0 aromatic carbocycles. The van der Waals surface area contributed by atoms with Gasteiger partial charge in [-0.2, -0.15) is 0 Å². The van der Waals surface area contributed by atoms with Crippen LogP contribution in [0.15, 0.2) is 4.79 Å². The van der Waals surface area contributed by atoms with Gasteiger partial charge >= 0.3 is 0 Å². The van der Waals surface area contributed by atoms with Crippen LogP contribution in [-0.4, -0.2) is 9.36 Å². The molecule has 0 spiro atoms. The molecule has 0 bridgehead atoms. The summed E-state index contributed by atoms with van der Waals surface area (Å²) in [6.45, 7) is 1.85. The van der Waals surface area contributed by atoms with Crippen molar-refractivity contribution in [1.29, 1.82) is 0 Å². The van der Waals surface area contributed by atoms with Crippen LogP contribution in [0.1, 0.15) is 5.69 Å². The van der Waals surface area contributed by atoms with Gasteiger partial charge in [0.1, 0.15) is 0 Å². The van der Waals surface area contributed by atoms with E-state index < -0.39 is 0 Å². The molecular formula is C6H9N2O. The van der Waals surface area contributed by atoms with E-state index in [1.165, 1.54) is 4.68 Å². The van der Waals surface area contributed by atoms with Crippen LogP contribution >= 0.6 is 0 Å². The third-order valence-electron chi connectivity index (χ3n) is 1.52. The molecule has 3 nitrogen and oxygen atoms in total. The van der Waals surface area contributed by atoms with E-state index in [-0.39, 0.29) is 5.56 Å². The van der Waals surface area contributed by atoms with Crippen LogP contribution < -0.4 is 5.56 Å². The number of hydrogen-bond donors (Lipinski definition) is 0. The summed E-state index contributed by atoms with van der Waals surface area (Å²) in [5.74, 6) is 0. The fourth-order valence-corrected chi connectivity index (χ4v) is 0.678. The summed E-state index contributed by atoms with van der Waals surface area (Å²) in [4.78, 5) is 10.7. The number of rotatable bonds is 0. The average Bonchev–Trinajstić information content (AvgIpc) is 1.98. The van der Waals surface area contributed by atoms with Crippen molar-refractivity contribution in [1.82, 2.24) is 9.36 Å². The van der Waals surface area contributed by atoms with Crippen LogP contribution in [0.25, 0.3) is 0 Å². The molecule has 0 fully saturated rings. The smallest absolute Gasteiger partial charge is 0.274 e. The van der Waals surface area contributed by atoms with E-state index in [4.69, 9.17) is 0 Å². The first-order valence-electron chi connectivity index (χ1n) is 2.75. The maximum absolute atomic E-state index is 10.7. The highest BCUT2D eigenvalue weighted by Gasteiger charge is 1.97. The first-order valence-corrected chi connectivity index (χ1v) is 2.75. The highest BCUT2D eigenvalue weighted by atomic mass is 16.1. The molecule has 0 aliphatic heterocycles. The third-order valence-corrected chi connectivity index (χ3v) is 1.52. The first-order chi connectivity index (χ1) is 4.13. The molecule has 9 heavy (non-hydrogen) atoms. The molecule has 0 aliphatic rings. The fourth-order valence-electron chi connectivity index (χ4n) is 0.678. The van der Waals surface area contributed by atoms with E-state index in [1.807, 2.05) is 14.0 Å². The summed E-state index contributed by atoms with van der Waals surface area (Å²) in [6.07, 6.45) is 0. The Bertz CT molecular complexity index is 269. The lowest BCUT2D eigenvalue weighted by atomic mass is 10.5. The van der Waals surface area contributed by atoms with Gasteiger partial charge in [0.15, 0.2) is 0 Å². The third kappa shape index (κ3) is 0.781. The van der Waals surface area contributed by atoms with E-state index in [2.05, 4.69) is 6.07 Å². The standard InChI is InChI=1S/C6H9N2O/c1-5-4-6(9)8(3)7(5)2/h1-3H3. The molecule has 49 valence electrons. The lowest BCUT2D eigenvalue weighted by Crippen LogP contribution is -2.16. The van der Waals surface area contributed by atoms with E-state index in [1.54, 1.807) is 11.7 Å². The van der Waals surface area contributed by atoms with Gasteiger partial charge < -0.3 is 0 Å². The minimum atomic E-state index is -0.0741. The van der Waals surface area contributed by atoms with Gasteiger partial charge in [-0.1, -0.05) is 0 Å². The topological polar surface area (TPSA) is 26.9 Å². The zero-order valence-corrected chi connectivity index (χ0v) is 5.80. The van der Waals surface area contributed by atoms with Gasteiger partial charge in [-0.05, 0) is 6.92 Å². The predicted octanol–water partition coefficient (Wildman–Crippen LogP) is -0.168. The van der Waals surface area contributed by atoms with Crippen molar-refractivity contribution in [3.8, 4) is 0 Å². The Morgan fingerprint density at radius 2 is 1.89 bits per heavy atom. The molecule has 1 rings (SSSR count). The molecule has 1 aromatic rings. The van der Waals surface area contributed by atoms with Crippen molar-refractivity contribution in [3.63, 3.8) is 0 Å². The number of nitrogens with zero attached hydrogens (tertiary/aromatic N) is 2. The molecule has 0 atom stereocenters. The van der Waals surface area contributed by atoms with E-state index >= 15 is 0 Å². The zero-order chi connectivity index (χ0) is 7.02. The molecule has 1 aromatic heterocycles. The second-order valence-electron chi connectivity index (χ2n) is 2.06. The van der Waals surface area contributed by atoms with E-state index in [0.29, 0.717) is 0 Å². The summed E-state index contributed by atoms with van der Waals surface area (Å²) < 4.78 is 3.26. The number of aryl methyl sites for hydroxylation is 1. The minimum absolute atomic E-state index is 0.0741. The molecule has 0 aliphatic carbocycles. The number of hydrogen-bond acceptors (Lipinski definition) is 1. The first kappa shape index (κ1) is 6.13. The van der Waals surface area contributed by atoms with Gasteiger partial charge in [0.2, 0.25) is 0 Å². The largest absolute Gasteiger partial charge is 0.290 e. The molecule has 0 amide bonds. The van der Waals surface area contributed by atoms with Crippen molar-refractivity contribution in [2.75, 3.05) is 0 Å². The lowest BCUT2D eigenvalue weighted by Gasteiger charge is -1.98. The molecule has 0 saturated heterocycles. The maximum Gasteiger partial charge on any atom is 0.274 e. The van der Waals surface area contributed by atoms with Crippen molar-refractivity contribution in [2.45, 2.75) is 6.92 Å². The summed E-state index contributed by atoms with van der Waals surface area (Å²) in [5.41, 5.74) is 0.789. The normalized spacial score (nSPS) is 10.1. The Hall–Kier alpha value is -0.990. The van der Waals surface area contributed by atoms with Gasteiger partial charge in [-0.3, -0.25) is 14.2 Å². The summed E-state index contributed by atoms with van der Waals surface area (Å²) in [5, 5.41) is 0. The van der Waals surface area contributed by atoms with Crippen molar-refractivity contribution in [3.05, 3.63) is 22.1 Å². The summed E-state index contributed by atoms with van der Waals surface area (Å²) in [7, 11) is 3.54. The van der Waals surface area contributed by atoms with Crippen molar-refractivity contribution < 1.29 is 0 Å². The second kappa shape index (κ2) is 1.76. The predicted molar refractivity (Wildman–Crippen MR) is 34.2 cm³/mol. The zero-order valence-electron chi connectivity index (χ0n) is 5.80. The molecule has 1 radical (unpaired) electrons. The number of aromatic nitrogens is 2. The van der Waals surface area contributed by atoms with Crippen LogP contribution in [0.4, 0.5) is 0 Å². The maximum atomic E-state index is 10.7. The minimum Gasteiger partial charge on any atom is -0.290 e. The molecule has 3 heteroatoms. The van der Waals surface area contributed by atoms with Gasteiger partial charge in [0.25, 0.3) is 5.56 Å². The summed E-state index contributed by atoms with van der Waals surface area (Å²) >= 11 is 0. The molecular weight excluding hydrogens is 116 g/mol. The highest BCUT2D eigenvalue weighted by Crippen LogP contribution is 1.86. The molecule has 0 unspecified atom stereocenters. The van der Waals surface area contributed by atoms with Crippen molar-refractivity contribution in [2.24, 2.45) is 14.1 Å². The van der Waals surface area contributed by atoms with Gasteiger partial charge in [0.05, 0.1) is 6.07 Å². The second-order valence-corrected chi connectivity index (χ2v) is 2.06. The monoisotopic (exact) mass is 125 g/mol. The van der Waals surface area contributed by atoms with E-state index in [0.717, 1.165) is 5.69 Å². The Balaban J connectivity index is 3.47. The van der Waals surface area contributed by atoms with E-state index in [9.17, 15) is 4.79 Å². The van der Waals surface area contributed by atoms with Gasteiger partial charge in [0, 0.05) is 19.8 Å². The highest BCUT2D eigenvalue weighted by molar-refractivity contribution is 4.95. The average molecular weight is 125 g/mol. The fraction of sp³-hybridized carbons (Fsp3) is 0.500. The molecule has 0 saturated carbocycles. The van der Waals surface area contributed by atoms with Gasteiger partial charge in [-0.15, -0.1) is 0 Å². The van der Waals surface area contributed by atoms with Crippen LogP contribution in [0.5, 0.6) is 0 Å². The van der Waals surface area contributed by atoms with Crippen LogP contribution in [0.3, 0.4) is 0 Å². The molecule has 0 N–H and O–H groups in total. The van der Waals surface area contributed by atoms with Crippen LogP contribution in [-0.2, 0) is 14.1 Å². The van der Waals surface area contributed by atoms with Crippen molar-refractivity contribution >= 4 is 0 Å². The van der Waals surface area contributed by atoms with Gasteiger partial charge in [-0.25, -0.2) is 0 Å². The summed E-state index contributed by atoms with van der Waals surface area (Å²) in [6, 6.07) is 2.65. The molecule has 1 heterocycles. The Kier molecular flexibility index (Phi) is 1.20. The van der Waals surface area contributed by atoms with Crippen LogP contribution in [0.2, 0.25) is 0 Å². The Morgan fingerprint density at radius 1 is 1.33 bits per heavy atom. The quantitative estimate of drug-likeness (QED) is 0.473.